The van der Waals surface area contributed by atoms with E-state index in [1.807, 2.05) is 27.7 Å². The van der Waals surface area contributed by atoms with Crippen LogP contribution in [0.25, 0.3) is 0 Å². The molecule has 0 amide bonds. The predicted octanol–water partition coefficient (Wildman–Crippen LogP) is 7.41. The monoisotopic (exact) mass is 268 g/mol. The lowest BCUT2D eigenvalue weighted by Gasteiger charge is -2.28. The molecular weight excluding hydrogens is 228 g/mol. The maximum absolute atomic E-state index is 2.42. The van der Waals surface area contributed by atoms with E-state index in [9.17, 15) is 0 Å². The fourth-order valence-electron chi connectivity index (χ4n) is 1.93. The van der Waals surface area contributed by atoms with Crippen LogP contribution in [-0.2, 0) is 0 Å². The molecule has 0 aromatic carbocycles. The second-order valence-electron chi connectivity index (χ2n) is 5.66. The smallest absolute Gasteiger partial charge is 0.0132 e. The zero-order chi connectivity index (χ0) is 16.1. The topological polar surface area (TPSA) is 0 Å². The third-order valence-electron chi connectivity index (χ3n) is 2.37. The predicted molar refractivity (Wildman–Crippen MR) is 93.7 cm³/mol. The van der Waals surface area contributed by atoms with Gasteiger partial charge in [0.05, 0.1) is 0 Å². The largest absolute Gasteiger partial charge is 0.0751 e. The molecule has 116 valence electrons. The summed E-state index contributed by atoms with van der Waals surface area (Å²) in [5, 5.41) is 0. The molecule has 0 unspecified atom stereocenters. The lowest BCUT2D eigenvalue weighted by Crippen LogP contribution is -2.14. The molecule has 0 fully saturated rings. The van der Waals surface area contributed by atoms with Crippen LogP contribution in [0.3, 0.4) is 0 Å². The van der Waals surface area contributed by atoms with E-state index in [-0.39, 0.29) is 0 Å². The van der Waals surface area contributed by atoms with Crippen LogP contribution in [0.5, 0.6) is 0 Å². The van der Waals surface area contributed by atoms with E-state index in [2.05, 4.69) is 60.6 Å². The summed E-state index contributed by atoms with van der Waals surface area (Å²) in [5.74, 6) is 0.666. The number of allylic oxidation sites excluding steroid dienone is 4. The van der Waals surface area contributed by atoms with Gasteiger partial charge in [-0.2, -0.15) is 0 Å². The van der Waals surface area contributed by atoms with Crippen LogP contribution in [0.1, 0.15) is 89.0 Å². The Hall–Kier alpha value is -0.520. The van der Waals surface area contributed by atoms with Gasteiger partial charge in [0.15, 0.2) is 0 Å². The van der Waals surface area contributed by atoms with Crippen LogP contribution in [0, 0.1) is 11.3 Å². The summed E-state index contributed by atoms with van der Waals surface area (Å²) in [4.78, 5) is 0. The van der Waals surface area contributed by atoms with Crippen molar-refractivity contribution in [1.82, 2.24) is 0 Å². The van der Waals surface area contributed by atoms with Crippen LogP contribution in [-0.4, -0.2) is 0 Å². The summed E-state index contributed by atoms with van der Waals surface area (Å²) in [7, 11) is 0. The Labute approximate surface area is 124 Å². The molecule has 1 rings (SSSR count). The lowest BCUT2D eigenvalue weighted by atomic mass is 9.78. The molecule has 0 atom stereocenters. The summed E-state index contributed by atoms with van der Waals surface area (Å²) in [6, 6.07) is 0. The van der Waals surface area contributed by atoms with Crippen molar-refractivity contribution in [2.75, 3.05) is 0 Å². The zero-order valence-corrected chi connectivity index (χ0v) is 15.6. The first kappa shape index (κ1) is 23.6. The van der Waals surface area contributed by atoms with E-state index in [0.29, 0.717) is 11.3 Å². The molecular formula is C19H40. The molecule has 1 aliphatic carbocycles. The zero-order valence-electron chi connectivity index (χ0n) is 15.6. The Morgan fingerprint density at radius 3 is 1.68 bits per heavy atom. The summed E-state index contributed by atoms with van der Waals surface area (Å²) < 4.78 is 0. The third-order valence-corrected chi connectivity index (χ3v) is 2.37. The van der Waals surface area contributed by atoms with Crippen molar-refractivity contribution in [2.45, 2.75) is 89.0 Å². The molecule has 0 spiro atoms. The first-order valence-corrected chi connectivity index (χ1v) is 8.22. The van der Waals surface area contributed by atoms with Crippen LogP contribution in [0.4, 0.5) is 0 Å². The highest BCUT2D eigenvalue weighted by molar-refractivity contribution is 5.31. The quantitative estimate of drug-likeness (QED) is 0.464. The number of rotatable bonds is 1. The Balaban J connectivity index is -0.000000313. The molecule has 19 heavy (non-hydrogen) atoms. The first-order chi connectivity index (χ1) is 8.82. The van der Waals surface area contributed by atoms with E-state index in [4.69, 9.17) is 0 Å². The molecule has 0 aromatic heterocycles. The molecule has 0 bridgehead atoms. The molecule has 0 heteroatoms. The molecule has 0 aromatic rings. The van der Waals surface area contributed by atoms with Gasteiger partial charge in [-0.1, -0.05) is 93.4 Å². The van der Waals surface area contributed by atoms with Crippen molar-refractivity contribution in [3.63, 3.8) is 0 Å². The van der Waals surface area contributed by atoms with Crippen molar-refractivity contribution in [2.24, 2.45) is 11.3 Å². The maximum atomic E-state index is 2.42. The lowest BCUT2D eigenvalue weighted by molar-refractivity contribution is 0.460. The summed E-state index contributed by atoms with van der Waals surface area (Å²) in [5.41, 5.74) is 3.40. The summed E-state index contributed by atoms with van der Waals surface area (Å²) >= 11 is 0. The van der Waals surface area contributed by atoms with Gasteiger partial charge < -0.3 is 0 Å². The van der Waals surface area contributed by atoms with Crippen LogP contribution in [0.15, 0.2) is 23.3 Å². The fourth-order valence-corrected chi connectivity index (χ4v) is 1.93. The second-order valence-corrected chi connectivity index (χ2v) is 5.66. The van der Waals surface area contributed by atoms with Gasteiger partial charge >= 0.3 is 0 Å². The van der Waals surface area contributed by atoms with Gasteiger partial charge in [0.2, 0.25) is 0 Å². The average molecular weight is 269 g/mol. The van der Waals surface area contributed by atoms with Crippen molar-refractivity contribution >= 4 is 0 Å². The van der Waals surface area contributed by atoms with Gasteiger partial charge in [-0.15, -0.1) is 0 Å². The molecule has 0 aliphatic heterocycles. The van der Waals surface area contributed by atoms with Gasteiger partial charge in [0.25, 0.3) is 0 Å². The van der Waals surface area contributed by atoms with E-state index < -0.39 is 0 Å². The molecule has 0 N–H and O–H groups in total. The summed E-state index contributed by atoms with van der Waals surface area (Å²) in [6.07, 6.45) is 7.23. The Morgan fingerprint density at radius 1 is 1.05 bits per heavy atom. The Kier molecular flexibility index (Phi) is 17.2. The first-order valence-electron chi connectivity index (χ1n) is 8.22. The Morgan fingerprint density at radius 2 is 1.42 bits per heavy atom. The standard InChI is InChI=1S/C12H20.C3H8.2C2H6/c1-9(2)11-6-10(3)7-12(4,5)8-11;1-3-2;2*1-2/h6,8-9H,7H2,1-5H3;3H2,1-2H3;2*1-2H3. The minimum Gasteiger partial charge on any atom is -0.0751 e. The van der Waals surface area contributed by atoms with E-state index in [1.165, 1.54) is 24.0 Å². The van der Waals surface area contributed by atoms with E-state index in [0.717, 1.165) is 0 Å². The van der Waals surface area contributed by atoms with Crippen molar-refractivity contribution in [3.05, 3.63) is 23.3 Å². The highest BCUT2D eigenvalue weighted by atomic mass is 14.3. The molecule has 1 aliphatic rings. The van der Waals surface area contributed by atoms with Gasteiger partial charge in [0, 0.05) is 0 Å². The highest BCUT2D eigenvalue weighted by Gasteiger charge is 2.20. The average Bonchev–Trinajstić information content (AvgIpc) is 2.32. The van der Waals surface area contributed by atoms with E-state index in [1.54, 1.807) is 0 Å². The Bertz CT molecular complexity index is 239. The van der Waals surface area contributed by atoms with Crippen molar-refractivity contribution in [3.8, 4) is 0 Å². The third kappa shape index (κ3) is 13.7. The molecule has 0 saturated heterocycles. The second kappa shape index (κ2) is 13.9. The van der Waals surface area contributed by atoms with Crippen molar-refractivity contribution in [1.29, 1.82) is 0 Å². The van der Waals surface area contributed by atoms with Crippen LogP contribution >= 0.6 is 0 Å². The SMILES string of the molecule is CC.CC.CC1=CC(C(C)C)=CC(C)(C)C1.CCC. The maximum Gasteiger partial charge on any atom is -0.0132 e. The van der Waals surface area contributed by atoms with Crippen LogP contribution in [0.2, 0.25) is 0 Å². The minimum atomic E-state index is 0.373. The molecule has 0 heterocycles. The summed E-state index contributed by atoms with van der Waals surface area (Å²) in [6.45, 7) is 23.6. The normalized spacial score (nSPS) is 15.6. The molecule has 0 saturated carbocycles. The van der Waals surface area contributed by atoms with Gasteiger partial charge in [0.1, 0.15) is 0 Å². The molecule has 0 nitrogen and oxygen atoms in total. The molecule has 0 radical (unpaired) electrons. The van der Waals surface area contributed by atoms with Gasteiger partial charge in [-0.3, -0.25) is 0 Å². The van der Waals surface area contributed by atoms with Crippen LogP contribution < -0.4 is 0 Å². The van der Waals surface area contributed by atoms with Gasteiger partial charge in [-0.05, 0) is 30.3 Å². The number of hydrogen-bond donors (Lipinski definition) is 0. The fraction of sp³-hybridized carbons (Fsp3) is 0.789. The number of hydrogen-bond acceptors (Lipinski definition) is 0. The van der Waals surface area contributed by atoms with Crippen molar-refractivity contribution < 1.29 is 0 Å². The van der Waals surface area contributed by atoms with E-state index >= 15 is 0 Å². The highest BCUT2D eigenvalue weighted by Crippen LogP contribution is 2.34. The van der Waals surface area contributed by atoms with Gasteiger partial charge in [-0.25, -0.2) is 0 Å². The minimum absolute atomic E-state index is 0.373.